The van der Waals surface area contributed by atoms with Crippen LogP contribution >= 0.6 is 0 Å². The van der Waals surface area contributed by atoms with Crippen molar-refractivity contribution in [3.05, 3.63) is 29.8 Å². The van der Waals surface area contributed by atoms with Gasteiger partial charge in [-0.25, -0.2) is 8.42 Å². The molecule has 1 aromatic rings. The molecule has 6 heteroatoms. The molecule has 0 atom stereocenters. The predicted octanol–water partition coefficient (Wildman–Crippen LogP) is 1.16. The molecule has 0 aromatic heterocycles. The van der Waals surface area contributed by atoms with Crippen molar-refractivity contribution in [3.63, 3.8) is 0 Å². The third-order valence-corrected chi connectivity index (χ3v) is 4.29. The van der Waals surface area contributed by atoms with Gasteiger partial charge in [0.25, 0.3) is 5.91 Å². The zero-order valence-electron chi connectivity index (χ0n) is 12.2. The minimum Gasteiger partial charge on any atom is -0.351 e. The van der Waals surface area contributed by atoms with Crippen LogP contribution in [0.15, 0.2) is 29.2 Å². The topological polar surface area (TPSA) is 66.5 Å². The van der Waals surface area contributed by atoms with Crippen molar-refractivity contribution in [2.75, 3.05) is 32.4 Å². The Labute approximate surface area is 120 Å². The Morgan fingerprint density at radius 2 is 1.80 bits per heavy atom. The summed E-state index contributed by atoms with van der Waals surface area (Å²) in [5, 5.41) is 2.77. The van der Waals surface area contributed by atoms with Crippen LogP contribution in [0.4, 0.5) is 0 Å². The van der Waals surface area contributed by atoms with E-state index in [2.05, 4.69) is 24.1 Å². The van der Waals surface area contributed by atoms with E-state index in [1.165, 1.54) is 12.1 Å². The molecule has 1 aromatic carbocycles. The van der Waals surface area contributed by atoms with Crippen LogP contribution < -0.4 is 5.32 Å². The van der Waals surface area contributed by atoms with Crippen molar-refractivity contribution in [3.8, 4) is 0 Å². The van der Waals surface area contributed by atoms with E-state index < -0.39 is 9.84 Å². The van der Waals surface area contributed by atoms with Crippen molar-refractivity contribution in [1.82, 2.24) is 10.2 Å². The van der Waals surface area contributed by atoms with Gasteiger partial charge in [-0.05, 0) is 25.2 Å². The van der Waals surface area contributed by atoms with Gasteiger partial charge in [0.2, 0.25) is 0 Å². The van der Waals surface area contributed by atoms with Crippen LogP contribution in [0, 0.1) is 0 Å². The molecule has 0 saturated carbocycles. The number of sulfone groups is 1. The molecule has 0 bridgehead atoms. The van der Waals surface area contributed by atoms with Gasteiger partial charge in [-0.3, -0.25) is 4.79 Å². The number of amides is 1. The minimum absolute atomic E-state index is 0.0698. The highest BCUT2D eigenvalue weighted by molar-refractivity contribution is 7.90. The van der Waals surface area contributed by atoms with E-state index in [-0.39, 0.29) is 16.4 Å². The maximum Gasteiger partial charge on any atom is 0.252 e. The lowest BCUT2D eigenvalue weighted by Crippen LogP contribution is -2.35. The molecule has 0 heterocycles. The molecule has 0 saturated heterocycles. The van der Waals surface area contributed by atoms with Crippen LogP contribution in [0.2, 0.25) is 0 Å². The van der Waals surface area contributed by atoms with Gasteiger partial charge < -0.3 is 10.2 Å². The number of benzene rings is 1. The van der Waals surface area contributed by atoms with Gasteiger partial charge in [0.05, 0.1) is 10.5 Å². The third-order valence-electron chi connectivity index (χ3n) is 3.14. The maximum absolute atomic E-state index is 12.1. The van der Waals surface area contributed by atoms with Crippen molar-refractivity contribution in [1.29, 1.82) is 0 Å². The summed E-state index contributed by atoms with van der Waals surface area (Å²) < 4.78 is 23.3. The Hall–Kier alpha value is -1.40. The largest absolute Gasteiger partial charge is 0.351 e. The van der Waals surface area contributed by atoms with E-state index >= 15 is 0 Å². The lowest BCUT2D eigenvalue weighted by atomic mass is 10.2. The van der Waals surface area contributed by atoms with Crippen molar-refractivity contribution in [2.24, 2.45) is 0 Å². The second-order valence-corrected chi connectivity index (χ2v) is 6.54. The van der Waals surface area contributed by atoms with Crippen molar-refractivity contribution < 1.29 is 13.2 Å². The Morgan fingerprint density at radius 3 is 2.35 bits per heavy atom. The van der Waals surface area contributed by atoms with E-state index in [0.717, 1.165) is 25.9 Å². The molecule has 1 amide bonds. The summed E-state index contributed by atoms with van der Waals surface area (Å²) in [7, 11) is -3.40. The summed E-state index contributed by atoms with van der Waals surface area (Å²) in [6.45, 7) is 7.21. The number of hydrogen-bond acceptors (Lipinski definition) is 4. The lowest BCUT2D eigenvalue weighted by molar-refractivity contribution is 0.0945. The Morgan fingerprint density at radius 1 is 1.20 bits per heavy atom. The van der Waals surface area contributed by atoms with Gasteiger partial charge in [0.15, 0.2) is 9.84 Å². The van der Waals surface area contributed by atoms with Crippen LogP contribution in [-0.4, -0.2) is 51.7 Å². The number of hydrogen-bond donors (Lipinski definition) is 1. The second-order valence-electron chi connectivity index (χ2n) is 4.55. The van der Waals surface area contributed by atoms with E-state index in [4.69, 9.17) is 0 Å². The molecule has 0 unspecified atom stereocenters. The Bertz CT molecular complexity index is 551. The fourth-order valence-corrected chi connectivity index (χ4v) is 2.83. The molecule has 0 aliphatic rings. The van der Waals surface area contributed by atoms with Crippen LogP contribution in [-0.2, 0) is 9.84 Å². The summed E-state index contributed by atoms with van der Waals surface area (Å²) in [5.41, 5.74) is 0.203. The van der Waals surface area contributed by atoms with Crippen LogP contribution in [0.1, 0.15) is 24.2 Å². The van der Waals surface area contributed by atoms with E-state index in [0.29, 0.717) is 6.54 Å². The fraction of sp³-hybridized carbons (Fsp3) is 0.500. The molecular formula is C14H22N2O3S. The number of nitrogens with one attached hydrogen (secondary N) is 1. The monoisotopic (exact) mass is 298 g/mol. The molecule has 20 heavy (non-hydrogen) atoms. The molecule has 0 radical (unpaired) electrons. The summed E-state index contributed by atoms with van der Waals surface area (Å²) in [6, 6.07) is 6.26. The number of nitrogens with zero attached hydrogens (tertiary/aromatic N) is 1. The van der Waals surface area contributed by atoms with Crippen LogP contribution in [0.3, 0.4) is 0 Å². The highest BCUT2D eigenvalue weighted by Crippen LogP contribution is 2.14. The van der Waals surface area contributed by atoms with E-state index in [1.54, 1.807) is 12.1 Å². The molecule has 1 rings (SSSR count). The van der Waals surface area contributed by atoms with E-state index in [9.17, 15) is 13.2 Å². The highest BCUT2D eigenvalue weighted by Gasteiger charge is 2.17. The standard InChI is InChI=1S/C14H22N2O3S/c1-4-16(5-2)11-10-15-14(17)12-8-6-7-9-13(12)20(3,18)19/h6-9H,4-5,10-11H2,1-3H3,(H,15,17). The molecule has 0 aliphatic carbocycles. The molecule has 0 spiro atoms. The molecule has 5 nitrogen and oxygen atoms in total. The van der Waals surface area contributed by atoms with E-state index in [1.807, 2.05) is 0 Å². The number of likely N-dealkylation sites (N-methyl/N-ethyl adjacent to an activating group) is 1. The van der Waals surface area contributed by atoms with Crippen LogP contribution in [0.5, 0.6) is 0 Å². The molecule has 1 N–H and O–H groups in total. The molecule has 0 fully saturated rings. The Balaban J connectivity index is 2.74. The lowest BCUT2D eigenvalue weighted by Gasteiger charge is -2.18. The van der Waals surface area contributed by atoms with Gasteiger partial charge in [-0.2, -0.15) is 0 Å². The van der Waals surface area contributed by atoms with Gasteiger partial charge in [0, 0.05) is 19.3 Å². The highest BCUT2D eigenvalue weighted by atomic mass is 32.2. The summed E-state index contributed by atoms with van der Waals surface area (Å²) >= 11 is 0. The fourth-order valence-electron chi connectivity index (χ4n) is 1.94. The van der Waals surface area contributed by atoms with Gasteiger partial charge in [-0.15, -0.1) is 0 Å². The third kappa shape index (κ3) is 4.61. The van der Waals surface area contributed by atoms with Crippen molar-refractivity contribution in [2.45, 2.75) is 18.7 Å². The number of rotatable bonds is 7. The quantitative estimate of drug-likeness (QED) is 0.820. The first-order valence-electron chi connectivity index (χ1n) is 6.69. The first-order chi connectivity index (χ1) is 9.40. The number of carbonyl (C=O) groups is 1. The zero-order chi connectivity index (χ0) is 15.2. The Kier molecular flexibility index (Phi) is 6.16. The maximum atomic E-state index is 12.1. The van der Waals surface area contributed by atoms with Crippen molar-refractivity contribution >= 4 is 15.7 Å². The smallest absolute Gasteiger partial charge is 0.252 e. The SMILES string of the molecule is CCN(CC)CCNC(=O)c1ccccc1S(C)(=O)=O. The minimum atomic E-state index is -3.40. The summed E-state index contributed by atoms with van der Waals surface area (Å²) in [6.07, 6.45) is 1.11. The van der Waals surface area contributed by atoms with Crippen LogP contribution in [0.25, 0.3) is 0 Å². The first-order valence-corrected chi connectivity index (χ1v) is 8.59. The number of carbonyl (C=O) groups excluding carboxylic acids is 1. The molecule has 112 valence electrons. The normalized spacial score (nSPS) is 11.6. The van der Waals surface area contributed by atoms with Gasteiger partial charge >= 0.3 is 0 Å². The second kappa shape index (κ2) is 7.40. The first kappa shape index (κ1) is 16.7. The van der Waals surface area contributed by atoms with Gasteiger partial charge in [-0.1, -0.05) is 26.0 Å². The average Bonchev–Trinajstić information content (AvgIpc) is 2.42. The zero-order valence-corrected chi connectivity index (χ0v) is 13.0. The summed E-state index contributed by atoms with van der Waals surface area (Å²) in [4.78, 5) is 14.3. The predicted molar refractivity (Wildman–Crippen MR) is 79.7 cm³/mol. The van der Waals surface area contributed by atoms with Gasteiger partial charge in [0.1, 0.15) is 0 Å². The molecular weight excluding hydrogens is 276 g/mol. The average molecular weight is 298 g/mol. The summed E-state index contributed by atoms with van der Waals surface area (Å²) in [5.74, 6) is -0.349. The molecule has 0 aliphatic heterocycles.